The van der Waals surface area contributed by atoms with Crippen LogP contribution in [0.25, 0.3) is 0 Å². The molecule has 3 rings (SSSR count). The van der Waals surface area contributed by atoms with E-state index in [1.807, 2.05) is 50.2 Å². The van der Waals surface area contributed by atoms with Crippen molar-refractivity contribution >= 4 is 17.5 Å². The van der Waals surface area contributed by atoms with Gasteiger partial charge in [-0.3, -0.25) is 4.79 Å². The average molecular weight is 392 g/mol. The van der Waals surface area contributed by atoms with Gasteiger partial charge in [-0.1, -0.05) is 12.1 Å². The van der Waals surface area contributed by atoms with Crippen LogP contribution in [0.4, 0.5) is 11.6 Å². The van der Waals surface area contributed by atoms with Crippen molar-refractivity contribution in [3.63, 3.8) is 0 Å². The molecule has 3 aromatic rings. The van der Waals surface area contributed by atoms with Gasteiger partial charge in [0.25, 0.3) is 5.91 Å². The van der Waals surface area contributed by atoms with Gasteiger partial charge in [0.15, 0.2) is 0 Å². The van der Waals surface area contributed by atoms with Crippen molar-refractivity contribution in [2.75, 3.05) is 24.4 Å². The summed E-state index contributed by atoms with van der Waals surface area (Å²) >= 11 is 0. The van der Waals surface area contributed by atoms with Crippen molar-refractivity contribution in [3.8, 4) is 11.5 Å². The highest BCUT2D eigenvalue weighted by atomic mass is 16.5. The Labute approximate surface area is 170 Å². The summed E-state index contributed by atoms with van der Waals surface area (Å²) in [5, 5.41) is 6.00. The van der Waals surface area contributed by atoms with E-state index in [9.17, 15) is 4.79 Å². The van der Waals surface area contributed by atoms with Crippen molar-refractivity contribution in [2.45, 2.75) is 20.4 Å². The zero-order valence-corrected chi connectivity index (χ0v) is 16.7. The summed E-state index contributed by atoms with van der Waals surface area (Å²) in [6.07, 6.45) is 0. The SMILES string of the molecule is CCOc1ccc(NC(=O)c2cc(C)nc(NCc3ccc(OC)cc3)n2)cc1. The third kappa shape index (κ3) is 5.68. The molecule has 2 aromatic carbocycles. The lowest BCUT2D eigenvalue weighted by molar-refractivity contribution is 0.102. The number of anilines is 2. The Balaban J connectivity index is 1.66. The first-order chi connectivity index (χ1) is 14.1. The molecule has 0 aliphatic heterocycles. The molecule has 0 radical (unpaired) electrons. The number of carbonyl (C=O) groups excluding carboxylic acids is 1. The van der Waals surface area contributed by atoms with E-state index >= 15 is 0 Å². The molecular formula is C22H24N4O3. The molecule has 0 aliphatic rings. The third-order valence-corrected chi connectivity index (χ3v) is 4.12. The lowest BCUT2D eigenvalue weighted by Crippen LogP contribution is -2.16. The number of rotatable bonds is 8. The maximum Gasteiger partial charge on any atom is 0.274 e. The van der Waals surface area contributed by atoms with Gasteiger partial charge >= 0.3 is 0 Å². The van der Waals surface area contributed by atoms with E-state index < -0.39 is 0 Å². The first kappa shape index (κ1) is 20.1. The molecule has 150 valence electrons. The van der Waals surface area contributed by atoms with Crippen molar-refractivity contribution in [3.05, 3.63) is 71.5 Å². The average Bonchev–Trinajstić information content (AvgIpc) is 2.74. The summed E-state index contributed by atoms with van der Waals surface area (Å²) in [6, 6.07) is 16.6. The highest BCUT2D eigenvalue weighted by Crippen LogP contribution is 2.17. The lowest BCUT2D eigenvalue weighted by atomic mass is 10.2. The predicted octanol–water partition coefficient (Wildman–Crippen LogP) is 4.06. The summed E-state index contributed by atoms with van der Waals surface area (Å²) in [4.78, 5) is 21.3. The number of ether oxygens (including phenoxy) is 2. The maximum atomic E-state index is 12.6. The second-order valence-corrected chi connectivity index (χ2v) is 6.33. The first-order valence-corrected chi connectivity index (χ1v) is 9.34. The molecule has 0 saturated carbocycles. The van der Waals surface area contributed by atoms with Crippen LogP contribution in [0.3, 0.4) is 0 Å². The van der Waals surface area contributed by atoms with Crippen LogP contribution in [0.5, 0.6) is 11.5 Å². The zero-order chi connectivity index (χ0) is 20.6. The molecule has 0 atom stereocenters. The number of benzene rings is 2. The fraction of sp³-hybridized carbons (Fsp3) is 0.227. The molecule has 0 aliphatic carbocycles. The van der Waals surface area contributed by atoms with Gasteiger partial charge in [-0.15, -0.1) is 0 Å². The van der Waals surface area contributed by atoms with Crippen molar-refractivity contribution in [1.82, 2.24) is 9.97 Å². The van der Waals surface area contributed by atoms with Gasteiger partial charge in [-0.05, 0) is 61.9 Å². The van der Waals surface area contributed by atoms with E-state index in [1.165, 1.54) is 0 Å². The number of nitrogens with one attached hydrogen (secondary N) is 2. The zero-order valence-electron chi connectivity index (χ0n) is 16.7. The van der Waals surface area contributed by atoms with Crippen molar-refractivity contribution in [1.29, 1.82) is 0 Å². The standard InChI is InChI=1S/C22H24N4O3/c1-4-29-19-11-7-17(8-12-19)25-21(27)20-13-15(2)24-22(26-20)23-14-16-5-9-18(28-3)10-6-16/h5-13H,4,14H2,1-3H3,(H,25,27)(H,23,24,26). The van der Waals surface area contributed by atoms with Crippen LogP contribution in [0.15, 0.2) is 54.6 Å². The molecule has 1 heterocycles. The van der Waals surface area contributed by atoms with Gasteiger partial charge in [0.2, 0.25) is 5.95 Å². The Hall–Kier alpha value is -3.61. The molecule has 7 heteroatoms. The van der Waals surface area contributed by atoms with E-state index in [2.05, 4.69) is 20.6 Å². The van der Waals surface area contributed by atoms with Gasteiger partial charge in [-0.2, -0.15) is 0 Å². The minimum absolute atomic E-state index is 0.295. The highest BCUT2D eigenvalue weighted by molar-refractivity contribution is 6.03. The van der Waals surface area contributed by atoms with E-state index in [4.69, 9.17) is 9.47 Å². The molecule has 1 aromatic heterocycles. The van der Waals surface area contributed by atoms with E-state index in [0.29, 0.717) is 36.2 Å². The Morgan fingerprint density at radius 1 is 1.00 bits per heavy atom. The van der Waals surface area contributed by atoms with Crippen LogP contribution in [-0.4, -0.2) is 29.6 Å². The van der Waals surface area contributed by atoms with Gasteiger partial charge in [0, 0.05) is 17.9 Å². The van der Waals surface area contributed by atoms with Crippen LogP contribution in [0.2, 0.25) is 0 Å². The van der Waals surface area contributed by atoms with Crippen LogP contribution >= 0.6 is 0 Å². The molecule has 0 unspecified atom stereocenters. The summed E-state index contributed by atoms with van der Waals surface area (Å²) in [5.41, 5.74) is 2.72. The number of aryl methyl sites for hydroxylation is 1. The number of amides is 1. The monoisotopic (exact) mass is 392 g/mol. The number of nitrogens with zero attached hydrogens (tertiary/aromatic N) is 2. The molecule has 7 nitrogen and oxygen atoms in total. The van der Waals surface area contributed by atoms with E-state index in [1.54, 1.807) is 25.3 Å². The number of hydrogen-bond acceptors (Lipinski definition) is 6. The Morgan fingerprint density at radius 2 is 1.69 bits per heavy atom. The van der Waals surface area contributed by atoms with Crippen LogP contribution in [0.1, 0.15) is 28.7 Å². The number of methoxy groups -OCH3 is 1. The molecule has 2 N–H and O–H groups in total. The Kier molecular flexibility index (Phi) is 6.63. The van der Waals surface area contributed by atoms with Gasteiger partial charge in [0.05, 0.1) is 13.7 Å². The van der Waals surface area contributed by atoms with Crippen LogP contribution < -0.4 is 20.1 Å². The number of hydrogen-bond donors (Lipinski definition) is 2. The Bertz CT molecular complexity index is 957. The number of aromatic nitrogens is 2. The Morgan fingerprint density at radius 3 is 2.34 bits per heavy atom. The molecule has 0 saturated heterocycles. The largest absolute Gasteiger partial charge is 0.497 e. The maximum absolute atomic E-state index is 12.6. The third-order valence-electron chi connectivity index (χ3n) is 4.12. The fourth-order valence-corrected chi connectivity index (χ4v) is 2.68. The molecule has 1 amide bonds. The molecule has 0 spiro atoms. The summed E-state index contributed by atoms with van der Waals surface area (Å²) in [5.74, 6) is 1.66. The molecular weight excluding hydrogens is 368 g/mol. The second-order valence-electron chi connectivity index (χ2n) is 6.33. The number of carbonyl (C=O) groups is 1. The fourth-order valence-electron chi connectivity index (χ4n) is 2.68. The minimum atomic E-state index is -0.299. The van der Waals surface area contributed by atoms with Gasteiger partial charge in [-0.25, -0.2) is 9.97 Å². The highest BCUT2D eigenvalue weighted by Gasteiger charge is 2.11. The molecule has 29 heavy (non-hydrogen) atoms. The first-order valence-electron chi connectivity index (χ1n) is 9.34. The molecule has 0 fully saturated rings. The van der Waals surface area contributed by atoms with E-state index in [0.717, 1.165) is 17.1 Å². The summed E-state index contributed by atoms with van der Waals surface area (Å²) in [6.45, 7) is 4.88. The predicted molar refractivity (Wildman–Crippen MR) is 113 cm³/mol. The van der Waals surface area contributed by atoms with Crippen LogP contribution in [0, 0.1) is 6.92 Å². The van der Waals surface area contributed by atoms with Crippen molar-refractivity contribution < 1.29 is 14.3 Å². The van der Waals surface area contributed by atoms with E-state index in [-0.39, 0.29) is 5.91 Å². The smallest absolute Gasteiger partial charge is 0.274 e. The lowest BCUT2D eigenvalue weighted by Gasteiger charge is -2.10. The second kappa shape index (κ2) is 9.54. The van der Waals surface area contributed by atoms with Crippen molar-refractivity contribution in [2.24, 2.45) is 0 Å². The quantitative estimate of drug-likeness (QED) is 0.601. The summed E-state index contributed by atoms with van der Waals surface area (Å²) < 4.78 is 10.6. The van der Waals surface area contributed by atoms with Crippen LogP contribution in [-0.2, 0) is 6.54 Å². The normalized spacial score (nSPS) is 10.3. The van der Waals surface area contributed by atoms with Gasteiger partial charge < -0.3 is 20.1 Å². The molecule has 0 bridgehead atoms. The minimum Gasteiger partial charge on any atom is -0.497 e. The van der Waals surface area contributed by atoms with Gasteiger partial charge in [0.1, 0.15) is 17.2 Å². The topological polar surface area (TPSA) is 85.4 Å². The summed E-state index contributed by atoms with van der Waals surface area (Å²) in [7, 11) is 1.63.